The van der Waals surface area contributed by atoms with Crippen molar-refractivity contribution in [1.29, 1.82) is 0 Å². The number of likely N-dealkylation sites (tertiary alicyclic amines) is 2. The molecule has 0 radical (unpaired) electrons. The Balaban J connectivity index is 1.44. The minimum Gasteiger partial charge on any atom is -0.378 e. The number of nitrogens with zero attached hydrogens (tertiary/aromatic N) is 3. The zero-order chi connectivity index (χ0) is 21.0. The van der Waals surface area contributed by atoms with Gasteiger partial charge in [0, 0.05) is 30.1 Å². The van der Waals surface area contributed by atoms with Gasteiger partial charge in [0.2, 0.25) is 0 Å². The van der Waals surface area contributed by atoms with Crippen LogP contribution in [0.2, 0.25) is 0 Å². The average Bonchev–Trinajstić information content (AvgIpc) is 2.72. The van der Waals surface area contributed by atoms with E-state index in [4.69, 9.17) is 9.73 Å². The number of nitrogens with one attached hydrogen (secondary N) is 2. The first-order valence-electron chi connectivity index (χ1n) is 12.7. The SMILES string of the molecule is CCNC(=NCC1(N2CCCCC2)CCN(C)CC1)NC1CC(OCC)C12CCC2. The summed E-state index contributed by atoms with van der Waals surface area (Å²) in [7, 11) is 2.26. The lowest BCUT2D eigenvalue weighted by Gasteiger charge is -2.61. The monoisotopic (exact) mass is 419 g/mol. The van der Waals surface area contributed by atoms with E-state index in [1.165, 1.54) is 77.5 Å². The summed E-state index contributed by atoms with van der Waals surface area (Å²) in [5.74, 6) is 1.03. The molecule has 2 atom stereocenters. The van der Waals surface area contributed by atoms with Crippen molar-refractivity contribution < 1.29 is 4.74 Å². The molecule has 2 saturated heterocycles. The van der Waals surface area contributed by atoms with E-state index in [1.807, 2.05) is 0 Å². The van der Waals surface area contributed by atoms with Crippen molar-refractivity contribution in [3.05, 3.63) is 0 Å². The molecule has 2 aliphatic heterocycles. The predicted molar refractivity (Wildman–Crippen MR) is 124 cm³/mol. The fraction of sp³-hybridized carbons (Fsp3) is 0.958. The lowest BCUT2D eigenvalue weighted by atomic mass is 9.51. The second-order valence-electron chi connectivity index (χ2n) is 10.2. The second kappa shape index (κ2) is 9.74. The number of hydrogen-bond acceptors (Lipinski definition) is 4. The number of aliphatic imine (C=N–C) groups is 1. The van der Waals surface area contributed by atoms with Crippen LogP contribution in [0.3, 0.4) is 0 Å². The summed E-state index contributed by atoms with van der Waals surface area (Å²) in [6, 6.07) is 0.518. The summed E-state index contributed by atoms with van der Waals surface area (Å²) in [4.78, 5) is 10.5. The summed E-state index contributed by atoms with van der Waals surface area (Å²) in [5, 5.41) is 7.39. The molecule has 6 nitrogen and oxygen atoms in total. The van der Waals surface area contributed by atoms with Crippen molar-refractivity contribution in [2.45, 2.75) is 89.3 Å². The summed E-state index contributed by atoms with van der Waals surface area (Å²) in [6.45, 7) is 11.9. The van der Waals surface area contributed by atoms with Crippen LogP contribution < -0.4 is 10.6 Å². The Hall–Kier alpha value is -0.850. The smallest absolute Gasteiger partial charge is 0.191 e. The van der Waals surface area contributed by atoms with Crippen molar-refractivity contribution in [2.24, 2.45) is 10.4 Å². The van der Waals surface area contributed by atoms with Gasteiger partial charge in [-0.2, -0.15) is 0 Å². The van der Waals surface area contributed by atoms with Crippen LogP contribution >= 0.6 is 0 Å². The molecule has 4 aliphatic rings. The molecule has 2 saturated carbocycles. The van der Waals surface area contributed by atoms with Crippen molar-refractivity contribution in [1.82, 2.24) is 20.4 Å². The quantitative estimate of drug-likeness (QED) is 0.491. The third kappa shape index (κ3) is 4.37. The summed E-state index contributed by atoms with van der Waals surface area (Å²) < 4.78 is 6.06. The van der Waals surface area contributed by atoms with Gasteiger partial charge in [0.25, 0.3) is 0 Å². The highest BCUT2D eigenvalue weighted by Gasteiger charge is 2.59. The number of hydrogen-bond donors (Lipinski definition) is 2. The Morgan fingerprint density at radius 3 is 2.33 bits per heavy atom. The van der Waals surface area contributed by atoms with Crippen LogP contribution in [0.1, 0.15) is 71.6 Å². The maximum atomic E-state index is 6.06. The number of guanidine groups is 1. The zero-order valence-corrected chi connectivity index (χ0v) is 19.7. The first-order chi connectivity index (χ1) is 14.6. The van der Waals surface area contributed by atoms with Crippen LogP contribution in [-0.4, -0.2) is 86.4 Å². The normalized spacial score (nSPS) is 31.8. The topological polar surface area (TPSA) is 52.1 Å². The van der Waals surface area contributed by atoms with Gasteiger partial charge in [-0.3, -0.25) is 9.89 Å². The maximum Gasteiger partial charge on any atom is 0.191 e. The summed E-state index contributed by atoms with van der Waals surface area (Å²) in [6.07, 6.45) is 12.1. The van der Waals surface area contributed by atoms with E-state index < -0.39 is 0 Å². The van der Waals surface area contributed by atoms with Gasteiger partial charge < -0.3 is 20.3 Å². The van der Waals surface area contributed by atoms with Crippen molar-refractivity contribution in [3.63, 3.8) is 0 Å². The number of piperidine rings is 2. The van der Waals surface area contributed by atoms with E-state index in [0.717, 1.165) is 32.1 Å². The van der Waals surface area contributed by atoms with Gasteiger partial charge in [0.1, 0.15) is 0 Å². The standard InChI is InChI=1S/C24H45N5O/c1-4-25-22(27-20-18-21(30-5-2)24(20)10-9-11-24)26-19-23(12-16-28(3)17-13-23)29-14-7-6-8-15-29/h20-21H,4-19H2,1-3H3,(H2,25,26,27). The van der Waals surface area contributed by atoms with E-state index in [-0.39, 0.29) is 5.54 Å². The molecule has 30 heavy (non-hydrogen) atoms. The average molecular weight is 420 g/mol. The van der Waals surface area contributed by atoms with E-state index in [0.29, 0.717) is 17.6 Å². The van der Waals surface area contributed by atoms with Crippen LogP contribution in [0.5, 0.6) is 0 Å². The molecule has 2 unspecified atom stereocenters. The van der Waals surface area contributed by atoms with Crippen molar-refractivity contribution >= 4 is 5.96 Å². The highest BCUT2D eigenvalue weighted by Crippen LogP contribution is 2.57. The van der Waals surface area contributed by atoms with Gasteiger partial charge in [-0.1, -0.05) is 12.8 Å². The molecule has 2 N–H and O–H groups in total. The van der Waals surface area contributed by atoms with E-state index in [2.05, 4.69) is 41.3 Å². The molecule has 4 rings (SSSR count). The summed E-state index contributed by atoms with van der Waals surface area (Å²) in [5.41, 5.74) is 0.612. The zero-order valence-electron chi connectivity index (χ0n) is 19.7. The van der Waals surface area contributed by atoms with Gasteiger partial charge in [0.15, 0.2) is 5.96 Å². The van der Waals surface area contributed by atoms with Crippen LogP contribution in [0.4, 0.5) is 0 Å². The molecule has 0 aromatic heterocycles. The molecule has 2 heterocycles. The first kappa shape index (κ1) is 22.3. The molecule has 1 spiro atoms. The van der Waals surface area contributed by atoms with Crippen LogP contribution in [0.15, 0.2) is 4.99 Å². The predicted octanol–water partition coefficient (Wildman–Crippen LogP) is 2.84. The van der Waals surface area contributed by atoms with E-state index in [9.17, 15) is 0 Å². The number of rotatable bonds is 7. The number of ether oxygens (including phenoxy) is 1. The molecule has 172 valence electrons. The minimum absolute atomic E-state index is 0.247. The Labute approximate surface area is 184 Å². The molecule has 4 fully saturated rings. The largest absolute Gasteiger partial charge is 0.378 e. The fourth-order valence-corrected chi connectivity index (χ4v) is 6.33. The van der Waals surface area contributed by atoms with Gasteiger partial charge in [0.05, 0.1) is 12.6 Å². The molecule has 2 aliphatic carbocycles. The first-order valence-corrected chi connectivity index (χ1v) is 12.7. The van der Waals surface area contributed by atoms with Crippen molar-refractivity contribution in [3.8, 4) is 0 Å². The molecule has 0 aromatic carbocycles. The fourth-order valence-electron chi connectivity index (χ4n) is 6.33. The molecular weight excluding hydrogens is 374 g/mol. The van der Waals surface area contributed by atoms with Gasteiger partial charge in [-0.15, -0.1) is 0 Å². The highest BCUT2D eigenvalue weighted by atomic mass is 16.5. The third-order valence-electron chi connectivity index (χ3n) is 8.57. The Bertz CT molecular complexity index is 576. The van der Waals surface area contributed by atoms with Gasteiger partial charge >= 0.3 is 0 Å². The summed E-state index contributed by atoms with van der Waals surface area (Å²) >= 11 is 0. The Morgan fingerprint density at radius 2 is 1.73 bits per heavy atom. The molecule has 0 bridgehead atoms. The van der Waals surface area contributed by atoms with Crippen LogP contribution in [0.25, 0.3) is 0 Å². The lowest BCUT2D eigenvalue weighted by Crippen LogP contribution is -2.68. The second-order valence-corrected chi connectivity index (χ2v) is 10.2. The molecule has 0 aromatic rings. The van der Waals surface area contributed by atoms with Crippen LogP contribution in [-0.2, 0) is 4.74 Å². The van der Waals surface area contributed by atoms with Gasteiger partial charge in [-0.25, -0.2) is 0 Å². The molecule has 0 amide bonds. The Kier molecular flexibility index (Phi) is 7.26. The third-order valence-corrected chi connectivity index (χ3v) is 8.57. The van der Waals surface area contributed by atoms with E-state index in [1.54, 1.807) is 0 Å². The van der Waals surface area contributed by atoms with Gasteiger partial charge in [-0.05, 0) is 92.0 Å². The molecular formula is C24H45N5O. The van der Waals surface area contributed by atoms with E-state index >= 15 is 0 Å². The Morgan fingerprint density at radius 1 is 1.00 bits per heavy atom. The highest BCUT2D eigenvalue weighted by molar-refractivity contribution is 5.80. The molecule has 6 heteroatoms. The lowest BCUT2D eigenvalue weighted by molar-refractivity contribution is -0.168. The minimum atomic E-state index is 0.247. The van der Waals surface area contributed by atoms with Crippen molar-refractivity contribution in [2.75, 3.05) is 52.9 Å². The van der Waals surface area contributed by atoms with Crippen LogP contribution in [0, 0.1) is 5.41 Å². The maximum absolute atomic E-state index is 6.06.